The van der Waals surface area contributed by atoms with E-state index in [1.54, 1.807) is 0 Å². The van der Waals surface area contributed by atoms with Gasteiger partial charge in [-0.2, -0.15) is 0 Å². The van der Waals surface area contributed by atoms with E-state index in [1.807, 2.05) is 18.2 Å². The van der Waals surface area contributed by atoms with Crippen molar-refractivity contribution in [2.24, 2.45) is 17.8 Å². The van der Waals surface area contributed by atoms with Crippen LogP contribution in [0.1, 0.15) is 104 Å². The van der Waals surface area contributed by atoms with E-state index in [4.69, 9.17) is 14.2 Å². The number of benzene rings is 1. The molecule has 5 nitrogen and oxygen atoms in total. The van der Waals surface area contributed by atoms with Gasteiger partial charge in [0, 0.05) is 6.61 Å². The molecule has 1 heterocycles. The second-order valence-corrected chi connectivity index (χ2v) is 14.6. The van der Waals surface area contributed by atoms with Crippen LogP contribution in [-0.4, -0.2) is 58.2 Å². The first kappa shape index (κ1) is 33.3. The summed E-state index contributed by atoms with van der Waals surface area (Å²) in [7, 11) is 1.50. The average Bonchev–Trinajstić information content (AvgIpc) is 3.33. The minimum atomic E-state index is -0.219. The number of carbonyl (C=O) groups is 1. The Morgan fingerprint density at radius 3 is 2.65 bits per heavy atom. The summed E-state index contributed by atoms with van der Waals surface area (Å²) in [6.07, 6.45) is 19.5. The Morgan fingerprint density at radius 2 is 1.93 bits per heavy atom. The van der Waals surface area contributed by atoms with E-state index in [9.17, 15) is 9.90 Å². The molecular formula is C34H54O5Se. The van der Waals surface area contributed by atoms with Gasteiger partial charge in [0.25, 0.3) is 0 Å². The van der Waals surface area contributed by atoms with Crippen molar-refractivity contribution in [2.45, 2.75) is 127 Å². The van der Waals surface area contributed by atoms with Crippen LogP contribution in [-0.2, 0) is 19.0 Å². The van der Waals surface area contributed by atoms with Gasteiger partial charge < -0.3 is 4.74 Å². The fraction of sp³-hybridized carbons (Fsp3) is 0.735. The van der Waals surface area contributed by atoms with Crippen molar-refractivity contribution in [3.05, 3.63) is 42.5 Å². The number of esters is 1. The molecule has 0 bridgehead atoms. The van der Waals surface area contributed by atoms with Gasteiger partial charge in [-0.1, -0.05) is 33.1 Å². The van der Waals surface area contributed by atoms with Crippen molar-refractivity contribution in [3.63, 3.8) is 0 Å². The zero-order valence-corrected chi connectivity index (χ0v) is 26.9. The van der Waals surface area contributed by atoms with Gasteiger partial charge in [-0.3, -0.25) is 0 Å². The Kier molecular flexibility index (Phi) is 15.9. The van der Waals surface area contributed by atoms with Gasteiger partial charge >= 0.3 is 175 Å². The van der Waals surface area contributed by atoms with Gasteiger partial charge in [-0.15, -0.1) is 0 Å². The molecule has 3 rings (SSSR count). The molecule has 0 aromatic heterocycles. The third kappa shape index (κ3) is 12.0. The summed E-state index contributed by atoms with van der Waals surface area (Å²) < 4.78 is 18.7. The van der Waals surface area contributed by atoms with Gasteiger partial charge in [0.1, 0.15) is 0 Å². The topological polar surface area (TPSA) is 65.0 Å². The van der Waals surface area contributed by atoms with Crippen LogP contribution < -0.4 is 4.46 Å². The van der Waals surface area contributed by atoms with Crippen molar-refractivity contribution in [1.29, 1.82) is 0 Å². The standard InChI is InChI=1S/C34H54O5Se/c1-4-5-14-26(2)25-28(39-33-19-12-13-24-38-33)22-20-27-21-23-31(35)30(27)17-10-7-11-18-32(34(36)37-3)40-29-15-8-6-9-16-29/h6,8-9,15-16,20,22,26-28,30-33,35H,4-5,7,10-14,17-19,21,23-25H2,1-3H3/b22-20+/t26-,27-,28+,30+,31-,32?,33?/m0/s1. The summed E-state index contributed by atoms with van der Waals surface area (Å²) >= 11 is 0.0845. The Balaban J connectivity index is 1.48. The molecule has 2 unspecified atom stereocenters. The summed E-state index contributed by atoms with van der Waals surface area (Å²) in [5.74, 6) is 1.26. The first-order chi connectivity index (χ1) is 19.5. The summed E-state index contributed by atoms with van der Waals surface area (Å²) in [6, 6.07) is 10.3. The molecule has 0 spiro atoms. The average molecular weight is 622 g/mol. The second kappa shape index (κ2) is 19.1. The number of unbranched alkanes of at least 4 members (excludes halogenated alkanes) is 3. The number of carbonyl (C=O) groups excluding carboxylic acids is 1. The van der Waals surface area contributed by atoms with Crippen LogP contribution in [0, 0.1) is 17.8 Å². The number of aliphatic hydroxyl groups excluding tert-OH is 1. The molecule has 1 aliphatic carbocycles. The van der Waals surface area contributed by atoms with Gasteiger partial charge in [-0.05, 0) is 25.2 Å². The molecule has 1 N–H and O–H groups in total. The van der Waals surface area contributed by atoms with Crippen molar-refractivity contribution < 1.29 is 24.1 Å². The molecule has 2 aliphatic rings. The predicted molar refractivity (Wildman–Crippen MR) is 164 cm³/mol. The smallest absolute Gasteiger partial charge is 0.353 e. The predicted octanol–water partition coefficient (Wildman–Crippen LogP) is 7.00. The van der Waals surface area contributed by atoms with E-state index < -0.39 is 0 Å². The van der Waals surface area contributed by atoms with Crippen molar-refractivity contribution >= 4 is 25.4 Å². The van der Waals surface area contributed by atoms with Gasteiger partial charge in [0.05, 0.1) is 0 Å². The fourth-order valence-corrected chi connectivity index (χ4v) is 8.50. The molecule has 1 aromatic rings. The first-order valence-corrected chi connectivity index (χ1v) is 17.8. The number of hydrogen-bond donors (Lipinski definition) is 1. The van der Waals surface area contributed by atoms with Crippen molar-refractivity contribution in [1.82, 2.24) is 0 Å². The number of allylic oxidation sites excluding steroid dienone is 1. The van der Waals surface area contributed by atoms with E-state index in [2.05, 4.69) is 38.1 Å². The van der Waals surface area contributed by atoms with Gasteiger partial charge in [-0.25, -0.2) is 0 Å². The summed E-state index contributed by atoms with van der Waals surface area (Å²) in [5, 5.41) is 10.8. The molecule has 0 radical (unpaired) electrons. The third-order valence-corrected chi connectivity index (χ3v) is 11.2. The van der Waals surface area contributed by atoms with E-state index in [-0.39, 0.29) is 44.2 Å². The number of rotatable bonds is 18. The number of hydrogen-bond acceptors (Lipinski definition) is 5. The number of methoxy groups -OCH3 is 1. The maximum atomic E-state index is 12.4. The molecule has 0 amide bonds. The minimum absolute atomic E-state index is 0.0301. The number of aliphatic hydroxyl groups is 1. The molecule has 226 valence electrons. The molecular weight excluding hydrogens is 567 g/mol. The van der Waals surface area contributed by atoms with Crippen LogP contribution >= 0.6 is 0 Å². The SMILES string of the molecule is CCCC[C@H](C)C[C@@H](/C=C/[C@H]1CC[C@H](O)[C@@H]1CCCCCC([Se]c1ccccc1)C(=O)OC)OC1CCCCO1. The zero-order valence-electron chi connectivity index (χ0n) is 25.2. The Labute approximate surface area is 250 Å². The van der Waals surface area contributed by atoms with Gasteiger partial charge in [0.15, 0.2) is 6.29 Å². The Bertz CT molecular complexity index is 840. The second-order valence-electron chi connectivity index (χ2n) is 11.9. The summed E-state index contributed by atoms with van der Waals surface area (Å²) in [6.45, 7) is 5.40. The fourth-order valence-electron chi connectivity index (χ4n) is 6.15. The molecule has 1 saturated heterocycles. The quantitative estimate of drug-likeness (QED) is 0.0828. The first-order valence-electron chi connectivity index (χ1n) is 15.9. The molecule has 1 aromatic carbocycles. The van der Waals surface area contributed by atoms with E-state index in [1.165, 1.54) is 37.3 Å². The monoisotopic (exact) mass is 622 g/mol. The van der Waals surface area contributed by atoms with E-state index >= 15 is 0 Å². The molecule has 40 heavy (non-hydrogen) atoms. The van der Waals surface area contributed by atoms with Crippen molar-refractivity contribution in [2.75, 3.05) is 13.7 Å². The molecule has 1 aliphatic heterocycles. The Morgan fingerprint density at radius 1 is 1.10 bits per heavy atom. The molecule has 7 atom stereocenters. The zero-order chi connectivity index (χ0) is 28.6. The van der Waals surface area contributed by atoms with Crippen LogP contribution in [0.25, 0.3) is 0 Å². The molecule has 2 fully saturated rings. The van der Waals surface area contributed by atoms with Crippen LogP contribution in [0.2, 0.25) is 4.82 Å². The van der Waals surface area contributed by atoms with Crippen LogP contribution in [0.3, 0.4) is 0 Å². The van der Waals surface area contributed by atoms with Crippen molar-refractivity contribution in [3.8, 4) is 0 Å². The van der Waals surface area contributed by atoms with E-state index in [0.29, 0.717) is 17.8 Å². The Hall–Kier alpha value is -1.17. The van der Waals surface area contributed by atoms with Gasteiger partial charge in [0.2, 0.25) is 0 Å². The normalized spacial score (nSPS) is 25.6. The summed E-state index contributed by atoms with van der Waals surface area (Å²) in [4.78, 5) is 12.4. The van der Waals surface area contributed by atoms with Crippen LogP contribution in [0.4, 0.5) is 0 Å². The summed E-state index contributed by atoms with van der Waals surface area (Å²) in [5.41, 5.74) is 0. The van der Waals surface area contributed by atoms with Crippen LogP contribution in [0.5, 0.6) is 0 Å². The number of ether oxygens (including phenoxy) is 3. The van der Waals surface area contributed by atoms with E-state index in [0.717, 1.165) is 70.8 Å². The third-order valence-electron chi connectivity index (χ3n) is 8.55. The van der Waals surface area contributed by atoms with Crippen LogP contribution in [0.15, 0.2) is 42.5 Å². The maximum absolute atomic E-state index is 12.4. The molecule has 6 heteroatoms. The molecule has 1 saturated carbocycles. The minimum Gasteiger partial charge on any atom is -0.353 e.